The van der Waals surface area contributed by atoms with Gasteiger partial charge in [0.15, 0.2) is 5.82 Å². The molecule has 3 aromatic rings. The summed E-state index contributed by atoms with van der Waals surface area (Å²) in [6, 6.07) is 9.60. The van der Waals surface area contributed by atoms with Gasteiger partial charge in [-0.25, -0.2) is 14.4 Å². The number of halogens is 1. The Kier molecular flexibility index (Phi) is 7.78. The first kappa shape index (κ1) is 28.6. The number of nitrogens with two attached hydrogens (primary N) is 2. The number of amides is 2. The van der Waals surface area contributed by atoms with Gasteiger partial charge in [0, 0.05) is 22.8 Å². The van der Waals surface area contributed by atoms with Crippen molar-refractivity contribution in [2.45, 2.75) is 45.3 Å². The molecule has 1 unspecified atom stereocenters. The van der Waals surface area contributed by atoms with Gasteiger partial charge in [0.05, 0.1) is 16.7 Å². The maximum Gasteiger partial charge on any atom is 0.267 e. The van der Waals surface area contributed by atoms with Crippen molar-refractivity contribution in [3.8, 4) is 0 Å². The number of likely N-dealkylation sites (tertiary alicyclic amines) is 1. The Morgan fingerprint density at radius 2 is 2.02 bits per heavy atom. The van der Waals surface area contributed by atoms with Crippen molar-refractivity contribution in [2.24, 2.45) is 21.9 Å². The van der Waals surface area contributed by atoms with E-state index >= 15 is 0 Å². The van der Waals surface area contributed by atoms with E-state index in [0.29, 0.717) is 28.7 Å². The minimum atomic E-state index is -0.805. The number of carbonyl (C=O) groups excluding carboxylic acids is 2. The molecular weight excluding hydrogens is 543 g/mol. The van der Waals surface area contributed by atoms with Crippen molar-refractivity contribution >= 4 is 46.1 Å². The van der Waals surface area contributed by atoms with Crippen molar-refractivity contribution < 1.29 is 19.1 Å². The number of rotatable bonds is 7. The number of aliphatic hydroxyl groups is 1. The van der Waals surface area contributed by atoms with Crippen molar-refractivity contribution in [3.05, 3.63) is 80.9 Å². The Morgan fingerprint density at radius 3 is 2.66 bits per heavy atom. The number of hydrogen-bond acceptors (Lipinski definition) is 8. The fraction of sp³-hybridized carbons (Fsp3) is 0.333. The van der Waals surface area contributed by atoms with Crippen LogP contribution in [0.2, 0.25) is 0 Å². The third kappa shape index (κ3) is 5.92. The van der Waals surface area contributed by atoms with Crippen LogP contribution in [0.1, 0.15) is 70.1 Å². The van der Waals surface area contributed by atoms with Gasteiger partial charge < -0.3 is 21.9 Å². The summed E-state index contributed by atoms with van der Waals surface area (Å²) in [4.78, 5) is 37.3. The van der Waals surface area contributed by atoms with E-state index in [2.05, 4.69) is 27.2 Å². The van der Waals surface area contributed by atoms with E-state index in [9.17, 15) is 19.1 Å². The second-order valence-electron chi connectivity index (χ2n) is 11.3. The van der Waals surface area contributed by atoms with Crippen LogP contribution in [0.3, 0.4) is 0 Å². The zero-order valence-electron chi connectivity index (χ0n) is 23.1. The predicted molar refractivity (Wildman–Crippen MR) is 158 cm³/mol. The number of aromatic nitrogens is 1. The lowest BCUT2D eigenvalue weighted by atomic mass is 9.88. The lowest BCUT2D eigenvalue weighted by Gasteiger charge is -2.22. The number of benzene rings is 1. The third-order valence-electron chi connectivity index (χ3n) is 7.72. The normalized spacial score (nSPS) is 20.7. The average molecular weight is 577 g/mol. The van der Waals surface area contributed by atoms with Crippen LogP contribution in [0.25, 0.3) is 5.70 Å². The highest BCUT2D eigenvalue weighted by Crippen LogP contribution is 2.48. The lowest BCUT2D eigenvalue weighted by Crippen LogP contribution is -2.22. The molecule has 2 amide bonds. The molecule has 0 radical (unpaired) electrons. The summed E-state index contributed by atoms with van der Waals surface area (Å²) in [6.07, 6.45) is 5.23. The number of aliphatic imine (C=N–C) groups is 1. The maximum absolute atomic E-state index is 14.7. The summed E-state index contributed by atoms with van der Waals surface area (Å²) in [5.41, 5.74) is 13.6. The molecule has 9 nitrogen and oxygen atoms in total. The molecule has 1 saturated heterocycles. The summed E-state index contributed by atoms with van der Waals surface area (Å²) in [6.45, 7) is 4.98. The molecule has 1 fully saturated rings. The number of carbonyl (C=O) groups is 2. The van der Waals surface area contributed by atoms with E-state index in [1.165, 1.54) is 35.6 Å². The van der Waals surface area contributed by atoms with Crippen LogP contribution in [-0.4, -0.2) is 46.1 Å². The summed E-state index contributed by atoms with van der Waals surface area (Å²) < 4.78 is 14.7. The number of aliphatic hydroxyl groups excluding tert-OH is 1. The molecule has 2 atom stereocenters. The van der Waals surface area contributed by atoms with Crippen LogP contribution in [0.15, 0.2) is 53.7 Å². The molecule has 5 rings (SSSR count). The minimum absolute atomic E-state index is 0.0787. The molecule has 2 aliphatic rings. The van der Waals surface area contributed by atoms with Gasteiger partial charge in [-0.1, -0.05) is 19.9 Å². The predicted octanol–water partition coefficient (Wildman–Crippen LogP) is 4.47. The summed E-state index contributed by atoms with van der Waals surface area (Å²) in [5, 5.41) is 13.1. The molecule has 0 saturated carbocycles. The standard InChI is InChI=1S/C30H33FN6O3S/c1-30(2)14-25-18(27(30)38)12-24(41-25)29(40)36-21-11-16(6-8-19(21)31)20(32)13-22(28(33)39)35-26-9-7-17(15-34-26)23-5-4-10-37(23)3/h6-9,11-13,15,23,27,38H,4-5,10,14,32H2,1-3H3,(H2,33,39)(H,36,40)/t23-,27?/m0/s1. The van der Waals surface area contributed by atoms with Gasteiger partial charge in [-0.3, -0.25) is 14.5 Å². The van der Waals surface area contributed by atoms with Gasteiger partial charge in [-0.2, -0.15) is 0 Å². The Hall–Kier alpha value is -3.93. The van der Waals surface area contributed by atoms with E-state index < -0.39 is 23.7 Å². The molecule has 0 bridgehead atoms. The number of nitrogens with zero attached hydrogens (tertiary/aromatic N) is 3. The van der Waals surface area contributed by atoms with Crippen molar-refractivity contribution in [2.75, 3.05) is 18.9 Å². The van der Waals surface area contributed by atoms with Crippen LogP contribution >= 0.6 is 11.3 Å². The number of pyridine rings is 1. The first-order valence-electron chi connectivity index (χ1n) is 13.4. The monoisotopic (exact) mass is 576 g/mol. The smallest absolute Gasteiger partial charge is 0.267 e. The fourth-order valence-electron chi connectivity index (χ4n) is 5.34. The van der Waals surface area contributed by atoms with Crippen molar-refractivity contribution in [1.82, 2.24) is 9.88 Å². The van der Waals surface area contributed by atoms with E-state index in [4.69, 9.17) is 11.5 Å². The molecule has 6 N–H and O–H groups in total. The van der Waals surface area contributed by atoms with Gasteiger partial charge in [-0.15, -0.1) is 11.3 Å². The van der Waals surface area contributed by atoms with Crippen LogP contribution in [0, 0.1) is 11.2 Å². The Labute approximate surface area is 241 Å². The topological polar surface area (TPSA) is 147 Å². The zero-order chi connectivity index (χ0) is 29.5. The molecule has 11 heteroatoms. The van der Waals surface area contributed by atoms with Crippen molar-refractivity contribution in [1.29, 1.82) is 0 Å². The quantitative estimate of drug-likeness (QED) is 0.305. The second-order valence-corrected chi connectivity index (χ2v) is 12.4. The second kappa shape index (κ2) is 11.2. The number of hydrogen-bond donors (Lipinski definition) is 4. The number of primary amides is 1. The van der Waals surface area contributed by atoms with Crippen LogP contribution in [0.4, 0.5) is 15.9 Å². The highest BCUT2D eigenvalue weighted by Gasteiger charge is 2.40. The molecule has 214 valence electrons. The highest BCUT2D eigenvalue weighted by atomic mass is 32.1. The van der Waals surface area contributed by atoms with E-state index in [-0.39, 0.29) is 22.5 Å². The molecule has 3 heterocycles. The van der Waals surface area contributed by atoms with E-state index in [1.54, 1.807) is 18.3 Å². The van der Waals surface area contributed by atoms with Gasteiger partial charge in [0.25, 0.3) is 11.8 Å². The molecule has 1 aliphatic heterocycles. The third-order valence-corrected chi connectivity index (χ3v) is 8.87. The fourth-order valence-corrected chi connectivity index (χ4v) is 6.67. The highest BCUT2D eigenvalue weighted by molar-refractivity contribution is 7.14. The Morgan fingerprint density at radius 1 is 1.24 bits per heavy atom. The molecule has 1 aromatic carbocycles. The van der Waals surface area contributed by atoms with Crippen LogP contribution in [-0.2, 0) is 11.2 Å². The Balaban J connectivity index is 1.34. The molecule has 0 spiro atoms. The van der Waals surface area contributed by atoms with Crippen LogP contribution in [0.5, 0.6) is 0 Å². The summed E-state index contributed by atoms with van der Waals surface area (Å²) >= 11 is 1.29. The SMILES string of the molecule is CN1CCC[C@H]1c1ccc(N=C(C=C(N)c2ccc(F)c(NC(=O)c3cc4c(s3)CC(C)(C)C4O)c2)C(N)=O)nc1. The maximum atomic E-state index is 14.7. The molecule has 2 aromatic heterocycles. The van der Waals surface area contributed by atoms with Crippen molar-refractivity contribution in [3.63, 3.8) is 0 Å². The van der Waals surface area contributed by atoms with E-state index in [1.807, 2.05) is 19.9 Å². The lowest BCUT2D eigenvalue weighted by molar-refractivity contribution is -0.111. The molecule has 41 heavy (non-hydrogen) atoms. The van der Waals surface area contributed by atoms with E-state index in [0.717, 1.165) is 35.4 Å². The van der Waals surface area contributed by atoms with Gasteiger partial charge in [-0.05, 0) is 91.4 Å². The average Bonchev–Trinajstić information content (AvgIpc) is 3.60. The number of nitrogens with one attached hydrogen (secondary N) is 1. The van der Waals surface area contributed by atoms with Crippen LogP contribution < -0.4 is 16.8 Å². The first-order chi connectivity index (χ1) is 19.4. The number of anilines is 1. The summed E-state index contributed by atoms with van der Waals surface area (Å²) in [5.74, 6) is -1.65. The zero-order valence-corrected chi connectivity index (χ0v) is 24.0. The molecular formula is C30H33FN6O3S. The Bertz CT molecular complexity index is 1560. The summed E-state index contributed by atoms with van der Waals surface area (Å²) in [7, 11) is 2.08. The largest absolute Gasteiger partial charge is 0.398 e. The van der Waals surface area contributed by atoms with Gasteiger partial charge >= 0.3 is 0 Å². The van der Waals surface area contributed by atoms with Gasteiger partial charge in [0.2, 0.25) is 0 Å². The number of thiophene rings is 1. The minimum Gasteiger partial charge on any atom is -0.398 e. The first-order valence-corrected chi connectivity index (χ1v) is 14.2. The van der Waals surface area contributed by atoms with Gasteiger partial charge in [0.1, 0.15) is 11.5 Å². The number of fused-ring (bicyclic) bond motifs is 1. The molecule has 1 aliphatic carbocycles.